The maximum absolute atomic E-state index is 12.1. The SMILES string of the molecule is Cc1c(NC(=O)C(C)C2CNC2)cccc1[N+](=O)[O-]. The maximum Gasteiger partial charge on any atom is 0.274 e. The summed E-state index contributed by atoms with van der Waals surface area (Å²) >= 11 is 0. The van der Waals surface area contributed by atoms with E-state index >= 15 is 0 Å². The molecule has 1 aromatic rings. The van der Waals surface area contributed by atoms with Crippen LogP contribution in [0.15, 0.2) is 18.2 Å². The van der Waals surface area contributed by atoms with Gasteiger partial charge in [-0.15, -0.1) is 0 Å². The van der Waals surface area contributed by atoms with E-state index in [2.05, 4.69) is 10.6 Å². The smallest absolute Gasteiger partial charge is 0.274 e. The zero-order valence-corrected chi connectivity index (χ0v) is 11.0. The van der Waals surface area contributed by atoms with Gasteiger partial charge in [-0.1, -0.05) is 13.0 Å². The molecule has 0 radical (unpaired) electrons. The van der Waals surface area contributed by atoms with Crippen molar-refractivity contribution in [3.8, 4) is 0 Å². The Kier molecular flexibility index (Phi) is 3.80. The van der Waals surface area contributed by atoms with E-state index in [1.807, 2.05) is 6.92 Å². The summed E-state index contributed by atoms with van der Waals surface area (Å²) in [6.07, 6.45) is 0. The van der Waals surface area contributed by atoms with Gasteiger partial charge >= 0.3 is 0 Å². The topological polar surface area (TPSA) is 84.3 Å². The van der Waals surface area contributed by atoms with Crippen molar-refractivity contribution in [3.05, 3.63) is 33.9 Å². The van der Waals surface area contributed by atoms with Gasteiger partial charge in [0.05, 0.1) is 16.2 Å². The van der Waals surface area contributed by atoms with E-state index in [0.29, 0.717) is 17.2 Å². The summed E-state index contributed by atoms with van der Waals surface area (Å²) in [4.78, 5) is 22.5. The Morgan fingerprint density at radius 3 is 2.74 bits per heavy atom. The number of amides is 1. The van der Waals surface area contributed by atoms with Gasteiger partial charge in [-0.2, -0.15) is 0 Å². The summed E-state index contributed by atoms with van der Waals surface area (Å²) in [7, 11) is 0. The minimum atomic E-state index is -0.440. The third kappa shape index (κ3) is 2.73. The van der Waals surface area contributed by atoms with Crippen molar-refractivity contribution in [1.29, 1.82) is 0 Å². The molecule has 6 nitrogen and oxygen atoms in total. The van der Waals surface area contributed by atoms with Gasteiger partial charge in [0.15, 0.2) is 0 Å². The number of hydrogen-bond donors (Lipinski definition) is 2. The normalized spacial score (nSPS) is 16.5. The molecular weight excluding hydrogens is 246 g/mol. The second kappa shape index (κ2) is 5.36. The predicted octanol–water partition coefficient (Wildman–Crippen LogP) is 1.70. The lowest BCUT2D eigenvalue weighted by Gasteiger charge is -2.31. The second-order valence-electron chi connectivity index (χ2n) is 4.90. The minimum Gasteiger partial charge on any atom is -0.325 e. The van der Waals surface area contributed by atoms with Gasteiger partial charge in [0, 0.05) is 12.0 Å². The molecule has 102 valence electrons. The van der Waals surface area contributed by atoms with Gasteiger partial charge in [0.2, 0.25) is 5.91 Å². The average Bonchev–Trinajstić information content (AvgIpc) is 2.29. The van der Waals surface area contributed by atoms with E-state index in [4.69, 9.17) is 0 Å². The van der Waals surface area contributed by atoms with E-state index in [9.17, 15) is 14.9 Å². The second-order valence-corrected chi connectivity index (χ2v) is 4.90. The zero-order chi connectivity index (χ0) is 14.0. The lowest BCUT2D eigenvalue weighted by molar-refractivity contribution is -0.385. The van der Waals surface area contributed by atoms with E-state index < -0.39 is 4.92 Å². The van der Waals surface area contributed by atoms with Crippen molar-refractivity contribution in [2.45, 2.75) is 13.8 Å². The molecule has 1 atom stereocenters. The molecule has 2 rings (SSSR count). The first-order chi connectivity index (χ1) is 9.00. The number of carbonyl (C=O) groups is 1. The zero-order valence-electron chi connectivity index (χ0n) is 11.0. The van der Waals surface area contributed by atoms with Crippen LogP contribution in [0.2, 0.25) is 0 Å². The molecule has 1 aliphatic rings. The van der Waals surface area contributed by atoms with E-state index in [1.54, 1.807) is 19.1 Å². The van der Waals surface area contributed by atoms with Gasteiger partial charge in [0.25, 0.3) is 5.69 Å². The van der Waals surface area contributed by atoms with Gasteiger partial charge in [-0.25, -0.2) is 0 Å². The first-order valence-corrected chi connectivity index (χ1v) is 6.26. The van der Waals surface area contributed by atoms with Crippen LogP contribution >= 0.6 is 0 Å². The number of nitro benzene ring substituents is 1. The fourth-order valence-electron chi connectivity index (χ4n) is 2.08. The Balaban J connectivity index is 2.12. The molecule has 0 aromatic heterocycles. The number of nitrogens with zero attached hydrogens (tertiary/aromatic N) is 1. The summed E-state index contributed by atoms with van der Waals surface area (Å²) in [5.41, 5.74) is 1.02. The fourth-order valence-corrected chi connectivity index (χ4v) is 2.08. The van der Waals surface area contributed by atoms with Crippen molar-refractivity contribution < 1.29 is 9.72 Å². The minimum absolute atomic E-state index is 0.0239. The molecule has 0 bridgehead atoms. The monoisotopic (exact) mass is 263 g/mol. The number of rotatable bonds is 4. The number of nitro groups is 1. The van der Waals surface area contributed by atoms with Crippen molar-refractivity contribution in [2.75, 3.05) is 18.4 Å². The van der Waals surface area contributed by atoms with Gasteiger partial charge in [-0.3, -0.25) is 14.9 Å². The molecule has 1 saturated heterocycles. The molecule has 0 spiro atoms. The highest BCUT2D eigenvalue weighted by Crippen LogP contribution is 2.26. The third-order valence-corrected chi connectivity index (χ3v) is 3.69. The largest absolute Gasteiger partial charge is 0.325 e. The number of benzene rings is 1. The van der Waals surface area contributed by atoms with Crippen molar-refractivity contribution in [3.63, 3.8) is 0 Å². The van der Waals surface area contributed by atoms with Crippen LogP contribution in [0.1, 0.15) is 12.5 Å². The Bertz CT molecular complexity index is 512. The van der Waals surface area contributed by atoms with Gasteiger partial charge in [-0.05, 0) is 32.0 Å². The van der Waals surface area contributed by atoms with E-state index in [-0.39, 0.29) is 17.5 Å². The Labute approximate surface area is 111 Å². The number of anilines is 1. The molecule has 0 saturated carbocycles. The number of carbonyl (C=O) groups excluding carboxylic acids is 1. The summed E-state index contributed by atoms with van der Waals surface area (Å²) in [5, 5.41) is 16.8. The first-order valence-electron chi connectivity index (χ1n) is 6.26. The molecule has 19 heavy (non-hydrogen) atoms. The summed E-state index contributed by atoms with van der Waals surface area (Å²) in [5.74, 6) is 0.161. The van der Waals surface area contributed by atoms with Crippen LogP contribution in [0.5, 0.6) is 0 Å². The maximum atomic E-state index is 12.1. The van der Waals surface area contributed by atoms with E-state index in [0.717, 1.165) is 13.1 Å². The third-order valence-electron chi connectivity index (χ3n) is 3.69. The molecule has 6 heteroatoms. The predicted molar refractivity (Wildman–Crippen MR) is 72.0 cm³/mol. The van der Waals surface area contributed by atoms with E-state index in [1.165, 1.54) is 6.07 Å². The average molecular weight is 263 g/mol. The van der Waals surface area contributed by atoms with Gasteiger partial charge in [0.1, 0.15) is 0 Å². The molecule has 1 aliphatic heterocycles. The van der Waals surface area contributed by atoms with Crippen molar-refractivity contribution in [2.24, 2.45) is 11.8 Å². The molecule has 2 N–H and O–H groups in total. The molecular formula is C13H17N3O3. The summed E-state index contributed by atoms with van der Waals surface area (Å²) in [6, 6.07) is 4.70. The number of nitrogens with one attached hydrogen (secondary N) is 2. The van der Waals surface area contributed by atoms with Crippen molar-refractivity contribution >= 4 is 17.3 Å². The van der Waals surface area contributed by atoms with Crippen LogP contribution in [0, 0.1) is 28.9 Å². The molecule has 1 aromatic carbocycles. The fraction of sp³-hybridized carbons (Fsp3) is 0.462. The molecule has 1 amide bonds. The standard InChI is InChI=1S/C13H17N3O3/c1-8(10-6-14-7-10)13(17)15-11-4-3-5-12(9(11)2)16(18)19/h3-5,8,10,14H,6-7H2,1-2H3,(H,15,17). The van der Waals surface area contributed by atoms with Crippen molar-refractivity contribution in [1.82, 2.24) is 5.32 Å². The van der Waals surface area contributed by atoms with Crippen LogP contribution < -0.4 is 10.6 Å². The lowest BCUT2D eigenvalue weighted by Crippen LogP contribution is -2.48. The van der Waals surface area contributed by atoms with Crippen LogP contribution in [-0.4, -0.2) is 23.9 Å². The Hall–Kier alpha value is -1.95. The molecule has 1 fully saturated rings. The van der Waals surface area contributed by atoms with Crippen LogP contribution in [0.3, 0.4) is 0 Å². The Morgan fingerprint density at radius 2 is 2.21 bits per heavy atom. The number of hydrogen-bond acceptors (Lipinski definition) is 4. The van der Waals surface area contributed by atoms with Crippen LogP contribution in [0.25, 0.3) is 0 Å². The van der Waals surface area contributed by atoms with Crippen LogP contribution in [-0.2, 0) is 4.79 Å². The quantitative estimate of drug-likeness (QED) is 0.639. The lowest BCUT2D eigenvalue weighted by atomic mass is 9.88. The highest BCUT2D eigenvalue weighted by molar-refractivity contribution is 5.93. The highest BCUT2D eigenvalue weighted by Gasteiger charge is 2.29. The van der Waals surface area contributed by atoms with Gasteiger partial charge < -0.3 is 10.6 Å². The Morgan fingerprint density at radius 1 is 1.53 bits per heavy atom. The summed E-state index contributed by atoms with van der Waals surface area (Å²) in [6.45, 7) is 5.22. The van der Waals surface area contributed by atoms with Crippen LogP contribution in [0.4, 0.5) is 11.4 Å². The molecule has 1 heterocycles. The molecule has 0 aliphatic carbocycles. The summed E-state index contributed by atoms with van der Waals surface area (Å²) < 4.78 is 0. The molecule has 1 unspecified atom stereocenters. The highest BCUT2D eigenvalue weighted by atomic mass is 16.6. The first kappa shape index (κ1) is 13.5.